The SMILES string of the molecule is Cc1nn(C)c(C)c1N(C(F)F)[S+](=O)(O)c1c(Cl)cc(CCCOC2CN3CCC2CC3)cc1Cl. The second kappa shape index (κ2) is 10.6. The predicted octanol–water partition coefficient (Wildman–Crippen LogP) is 5.36. The number of alkyl halides is 2. The molecule has 2 unspecified atom stereocenters. The molecule has 7 nitrogen and oxygen atoms in total. The van der Waals surface area contributed by atoms with Gasteiger partial charge in [0.1, 0.15) is 15.7 Å². The molecule has 3 fully saturated rings. The molecule has 2 bridgehead atoms. The van der Waals surface area contributed by atoms with E-state index in [-0.39, 0.29) is 31.8 Å². The Hall–Kier alpha value is -1.30. The van der Waals surface area contributed by atoms with E-state index in [1.54, 1.807) is 14.0 Å². The number of aromatic nitrogens is 2. The number of ether oxygens (including phenoxy) is 1. The lowest BCUT2D eigenvalue weighted by molar-refractivity contribution is -0.0697. The van der Waals surface area contributed by atoms with E-state index in [9.17, 15) is 17.5 Å². The van der Waals surface area contributed by atoms with E-state index >= 15 is 0 Å². The molecule has 0 saturated carbocycles. The van der Waals surface area contributed by atoms with Gasteiger partial charge in [-0.15, -0.1) is 0 Å². The molecule has 1 aromatic heterocycles. The van der Waals surface area contributed by atoms with Gasteiger partial charge < -0.3 is 9.64 Å². The summed E-state index contributed by atoms with van der Waals surface area (Å²) in [6.07, 6.45) is 3.95. The Morgan fingerprint density at radius 2 is 1.89 bits per heavy atom. The molecule has 0 amide bonds. The smallest absolute Gasteiger partial charge is 0.357 e. The third-order valence-corrected chi connectivity index (χ3v) is 9.66. The van der Waals surface area contributed by atoms with Crippen molar-refractivity contribution in [1.82, 2.24) is 14.7 Å². The molecule has 3 aliphatic heterocycles. The molecule has 35 heavy (non-hydrogen) atoms. The predicted molar refractivity (Wildman–Crippen MR) is 134 cm³/mol. The molecule has 0 spiro atoms. The molecule has 3 aliphatic rings. The summed E-state index contributed by atoms with van der Waals surface area (Å²) < 4.78 is 60.3. The summed E-state index contributed by atoms with van der Waals surface area (Å²) in [6.45, 7) is 3.64. The monoisotopic (exact) mass is 551 g/mol. The lowest BCUT2D eigenvalue weighted by Gasteiger charge is -2.44. The van der Waals surface area contributed by atoms with Crippen LogP contribution in [-0.2, 0) is 32.8 Å². The van der Waals surface area contributed by atoms with Gasteiger partial charge in [-0.2, -0.15) is 18.4 Å². The fraction of sp³-hybridized carbons (Fsp3) is 0.609. The fourth-order valence-electron chi connectivity index (χ4n) is 5.13. The summed E-state index contributed by atoms with van der Waals surface area (Å²) in [4.78, 5) is 2.00. The number of benzene rings is 1. The topological polar surface area (TPSA) is 70.8 Å². The van der Waals surface area contributed by atoms with Crippen molar-refractivity contribution in [3.05, 3.63) is 39.1 Å². The minimum atomic E-state index is -4.52. The van der Waals surface area contributed by atoms with Crippen molar-refractivity contribution in [2.24, 2.45) is 13.0 Å². The second-order valence-corrected chi connectivity index (χ2v) is 11.9. The summed E-state index contributed by atoms with van der Waals surface area (Å²) in [5, 5.41) is 3.82. The van der Waals surface area contributed by atoms with Gasteiger partial charge in [-0.3, -0.25) is 4.68 Å². The van der Waals surface area contributed by atoms with Gasteiger partial charge in [0.15, 0.2) is 0 Å². The first-order chi connectivity index (χ1) is 16.5. The van der Waals surface area contributed by atoms with Crippen LogP contribution in [0.2, 0.25) is 10.0 Å². The summed E-state index contributed by atoms with van der Waals surface area (Å²) in [7, 11) is -2.95. The summed E-state index contributed by atoms with van der Waals surface area (Å²) >= 11 is 12.7. The standard InChI is InChI=1S/C23H30Cl2F2N4O3S/c1-14-21(15(2)29(3)28-14)31(23(26)27)35(32,33)22-18(24)11-16(12-19(22)25)5-4-10-34-20-13-30-8-6-17(20)7-9-30/h11-12,17,20,23H,4-10,13H2,1-3H3/p+1. The van der Waals surface area contributed by atoms with Crippen molar-refractivity contribution in [2.75, 3.05) is 30.5 Å². The quantitative estimate of drug-likeness (QED) is 0.258. The molecule has 3 saturated heterocycles. The van der Waals surface area contributed by atoms with Crippen LogP contribution >= 0.6 is 23.2 Å². The lowest BCUT2D eigenvalue weighted by Crippen LogP contribution is -2.51. The zero-order valence-electron chi connectivity index (χ0n) is 20.0. The first-order valence-electron chi connectivity index (χ1n) is 11.7. The van der Waals surface area contributed by atoms with Crippen molar-refractivity contribution in [3.63, 3.8) is 0 Å². The zero-order valence-corrected chi connectivity index (χ0v) is 22.3. The highest BCUT2D eigenvalue weighted by Crippen LogP contribution is 2.41. The third kappa shape index (κ3) is 5.38. The van der Waals surface area contributed by atoms with E-state index in [1.165, 1.54) is 36.6 Å². The summed E-state index contributed by atoms with van der Waals surface area (Å²) in [5.41, 5.74) is 1.13. The Balaban J connectivity index is 1.48. The van der Waals surface area contributed by atoms with Crippen molar-refractivity contribution in [3.8, 4) is 0 Å². The minimum absolute atomic E-state index is 0.129. The van der Waals surface area contributed by atoms with Crippen molar-refractivity contribution in [2.45, 2.75) is 57.1 Å². The Labute approximate surface area is 215 Å². The molecule has 5 rings (SSSR count). The van der Waals surface area contributed by atoms with Crippen molar-refractivity contribution < 1.29 is 22.3 Å². The van der Waals surface area contributed by atoms with E-state index in [2.05, 4.69) is 10.00 Å². The molecule has 0 radical (unpaired) electrons. The molecule has 194 valence electrons. The molecular formula is C23H31Cl2F2N4O3S+. The zero-order chi connectivity index (χ0) is 25.5. The summed E-state index contributed by atoms with van der Waals surface area (Å²) in [6, 6.07) is 3.03. The highest BCUT2D eigenvalue weighted by atomic mass is 35.5. The van der Waals surface area contributed by atoms with E-state index in [1.807, 2.05) is 0 Å². The maximum atomic E-state index is 14.1. The number of piperidine rings is 3. The Morgan fingerprint density at radius 3 is 2.37 bits per heavy atom. The highest BCUT2D eigenvalue weighted by Gasteiger charge is 2.50. The number of aryl methyl sites for hydroxylation is 3. The average molecular weight is 552 g/mol. The van der Waals surface area contributed by atoms with Crippen LogP contribution in [0.25, 0.3) is 0 Å². The van der Waals surface area contributed by atoms with Crippen LogP contribution in [-0.4, -0.2) is 58.1 Å². The van der Waals surface area contributed by atoms with Gasteiger partial charge in [0, 0.05) is 20.2 Å². The van der Waals surface area contributed by atoms with E-state index < -0.39 is 21.8 Å². The minimum Gasteiger partial charge on any atom is -0.377 e. The van der Waals surface area contributed by atoms with Gasteiger partial charge in [-0.25, -0.2) is 0 Å². The number of halogens is 4. The number of hydrogen-bond donors (Lipinski definition) is 1. The molecule has 0 aliphatic carbocycles. The molecule has 4 heterocycles. The highest BCUT2D eigenvalue weighted by molar-refractivity contribution is 7.99. The van der Waals surface area contributed by atoms with Gasteiger partial charge in [0.25, 0.3) is 4.90 Å². The van der Waals surface area contributed by atoms with Gasteiger partial charge in [-0.1, -0.05) is 27.5 Å². The lowest BCUT2D eigenvalue weighted by atomic mass is 9.86. The largest absolute Gasteiger partial charge is 0.377 e. The van der Waals surface area contributed by atoms with Crippen molar-refractivity contribution >= 4 is 39.3 Å². The number of rotatable bonds is 9. The Morgan fingerprint density at radius 1 is 1.26 bits per heavy atom. The van der Waals surface area contributed by atoms with Crippen LogP contribution < -0.4 is 4.31 Å². The van der Waals surface area contributed by atoms with Crippen molar-refractivity contribution in [1.29, 1.82) is 0 Å². The first-order valence-corrected chi connectivity index (χ1v) is 13.9. The Bertz CT molecular complexity index is 1100. The van der Waals surface area contributed by atoms with Gasteiger partial charge in [-0.05, 0) is 80.4 Å². The van der Waals surface area contributed by atoms with E-state index in [4.69, 9.17) is 27.9 Å². The normalized spacial score (nSPS) is 23.6. The fourth-order valence-corrected chi connectivity index (χ4v) is 7.82. The Kier molecular flexibility index (Phi) is 8.10. The molecule has 1 N–H and O–H groups in total. The molecule has 2 atom stereocenters. The van der Waals surface area contributed by atoms with Crippen LogP contribution in [0.15, 0.2) is 17.0 Å². The number of nitrogens with zero attached hydrogens (tertiary/aromatic N) is 4. The van der Waals surface area contributed by atoms with Gasteiger partial charge in [0.2, 0.25) is 0 Å². The molecular weight excluding hydrogens is 521 g/mol. The third-order valence-electron chi connectivity index (χ3n) is 7.00. The molecule has 12 heteroatoms. The maximum Gasteiger partial charge on any atom is 0.357 e. The van der Waals surface area contributed by atoms with Crippen LogP contribution in [0, 0.1) is 19.8 Å². The first kappa shape index (κ1) is 26.8. The number of anilines is 1. The molecule has 2 aromatic rings. The van der Waals surface area contributed by atoms with Gasteiger partial charge >= 0.3 is 16.9 Å². The summed E-state index contributed by atoms with van der Waals surface area (Å²) in [5.74, 6) is 0.630. The second-order valence-electron chi connectivity index (χ2n) is 9.28. The van der Waals surface area contributed by atoms with Crippen LogP contribution in [0.3, 0.4) is 0 Å². The van der Waals surface area contributed by atoms with E-state index in [0.717, 1.165) is 31.6 Å². The number of hydrogen-bond acceptors (Lipinski definition) is 4. The van der Waals surface area contributed by atoms with Crippen LogP contribution in [0.5, 0.6) is 0 Å². The van der Waals surface area contributed by atoms with Crippen LogP contribution in [0.1, 0.15) is 36.2 Å². The maximum absolute atomic E-state index is 14.1. The van der Waals surface area contributed by atoms with E-state index in [0.29, 0.717) is 24.6 Å². The average Bonchev–Trinajstić information content (AvgIpc) is 3.03. The van der Waals surface area contributed by atoms with Crippen LogP contribution in [0.4, 0.5) is 14.5 Å². The molecule has 1 aromatic carbocycles. The van der Waals surface area contributed by atoms with Gasteiger partial charge in [0.05, 0.1) is 17.5 Å². The number of fused-ring (bicyclic) bond motifs is 3.